The van der Waals surface area contributed by atoms with E-state index in [4.69, 9.17) is 14.7 Å². The summed E-state index contributed by atoms with van der Waals surface area (Å²) in [7, 11) is 0. The summed E-state index contributed by atoms with van der Waals surface area (Å²) < 4.78 is 11.3. The minimum Gasteiger partial charge on any atom is -0.444 e. The van der Waals surface area contributed by atoms with Gasteiger partial charge in [0.25, 0.3) is 0 Å². The number of hydrogen-bond acceptors (Lipinski definition) is 5. The fraction of sp³-hybridized carbons (Fsp3) is 0.500. The Bertz CT molecular complexity index is 628. The summed E-state index contributed by atoms with van der Waals surface area (Å²) in [5, 5.41) is 11.6. The van der Waals surface area contributed by atoms with E-state index >= 15 is 0 Å². The Hall–Kier alpha value is -2.08. The number of carbonyl (C=O) groups is 1. The van der Waals surface area contributed by atoms with Crippen LogP contribution in [0.2, 0.25) is 0 Å². The Morgan fingerprint density at radius 2 is 2.18 bits per heavy atom. The van der Waals surface area contributed by atoms with Crippen LogP contribution in [0.15, 0.2) is 23.4 Å². The third kappa shape index (κ3) is 2.54. The fourth-order valence-electron chi connectivity index (χ4n) is 2.91. The van der Waals surface area contributed by atoms with Gasteiger partial charge in [-0.3, -0.25) is 0 Å². The van der Waals surface area contributed by atoms with Crippen molar-refractivity contribution in [1.82, 2.24) is 4.90 Å². The number of rotatable bonds is 1. The lowest BCUT2D eigenvalue weighted by atomic mass is 9.85. The van der Waals surface area contributed by atoms with Crippen molar-refractivity contribution in [2.75, 3.05) is 13.1 Å². The Morgan fingerprint density at radius 3 is 2.82 bits per heavy atom. The van der Waals surface area contributed by atoms with Crippen LogP contribution in [0, 0.1) is 0 Å². The van der Waals surface area contributed by atoms with Crippen LogP contribution in [0.3, 0.4) is 0 Å². The van der Waals surface area contributed by atoms with E-state index in [0.717, 1.165) is 16.7 Å². The minimum absolute atomic E-state index is 0.306. The normalized spacial score (nSPS) is 19.3. The van der Waals surface area contributed by atoms with Crippen LogP contribution in [0.1, 0.15) is 37.5 Å². The summed E-state index contributed by atoms with van der Waals surface area (Å²) in [5.74, 6) is 0. The minimum atomic E-state index is -0.493. The number of fused-ring (bicyclic) bond motifs is 2. The highest BCUT2D eigenvalue weighted by atomic mass is 16.6. The highest BCUT2D eigenvalue weighted by molar-refractivity contribution is 5.79. The van der Waals surface area contributed by atoms with E-state index < -0.39 is 11.2 Å². The summed E-state index contributed by atoms with van der Waals surface area (Å²) in [6.45, 7) is 7.07. The molecule has 1 spiro atoms. The van der Waals surface area contributed by atoms with E-state index in [1.807, 2.05) is 39.0 Å². The molecule has 118 valence electrons. The van der Waals surface area contributed by atoms with Crippen molar-refractivity contribution in [3.05, 3.63) is 34.9 Å². The molecule has 1 amide bonds. The molecule has 1 aromatic carbocycles. The third-order valence-corrected chi connectivity index (χ3v) is 3.88. The number of likely N-dealkylation sites (tertiary alicyclic amines) is 1. The van der Waals surface area contributed by atoms with Crippen molar-refractivity contribution >= 4 is 12.3 Å². The highest BCUT2D eigenvalue weighted by Crippen LogP contribution is 2.43. The van der Waals surface area contributed by atoms with Gasteiger partial charge in [0.15, 0.2) is 0 Å². The summed E-state index contributed by atoms with van der Waals surface area (Å²) in [6.07, 6.45) is 1.08. The van der Waals surface area contributed by atoms with E-state index in [2.05, 4.69) is 5.16 Å². The maximum absolute atomic E-state index is 12.0. The third-order valence-electron chi connectivity index (χ3n) is 3.88. The first-order chi connectivity index (χ1) is 10.3. The first kappa shape index (κ1) is 14.8. The maximum Gasteiger partial charge on any atom is 0.410 e. The zero-order valence-corrected chi connectivity index (χ0v) is 13.0. The standard InChI is InChI=1S/C16H20N2O4/c1-15(2,3)22-14(19)18-9-16(10-18)13-5-4-11(7-17-20)6-12(13)8-21-16/h4-7,20H,8-10H2,1-3H3/b17-7+. The second-order valence-electron chi connectivity index (χ2n) is 6.78. The molecule has 0 atom stereocenters. The molecular weight excluding hydrogens is 284 g/mol. The molecule has 2 heterocycles. The fourth-order valence-corrected chi connectivity index (χ4v) is 2.91. The quantitative estimate of drug-likeness (QED) is 0.491. The van der Waals surface area contributed by atoms with Gasteiger partial charge in [-0.05, 0) is 43.5 Å². The molecule has 0 aliphatic carbocycles. The van der Waals surface area contributed by atoms with E-state index in [1.165, 1.54) is 6.21 Å². The topological polar surface area (TPSA) is 71.4 Å². The van der Waals surface area contributed by atoms with Crippen LogP contribution < -0.4 is 0 Å². The van der Waals surface area contributed by atoms with Crippen molar-refractivity contribution in [3.8, 4) is 0 Å². The van der Waals surface area contributed by atoms with Gasteiger partial charge < -0.3 is 19.6 Å². The lowest BCUT2D eigenvalue weighted by molar-refractivity contribution is -0.137. The van der Waals surface area contributed by atoms with Crippen molar-refractivity contribution in [2.24, 2.45) is 5.16 Å². The second-order valence-corrected chi connectivity index (χ2v) is 6.78. The van der Waals surface area contributed by atoms with Gasteiger partial charge in [-0.1, -0.05) is 17.3 Å². The molecule has 1 saturated heterocycles. The van der Waals surface area contributed by atoms with Gasteiger partial charge in [-0.15, -0.1) is 0 Å². The largest absolute Gasteiger partial charge is 0.444 e. The molecule has 1 N–H and O–H groups in total. The molecule has 2 aliphatic rings. The molecule has 0 bridgehead atoms. The zero-order valence-electron chi connectivity index (χ0n) is 13.0. The number of hydrogen-bond donors (Lipinski definition) is 1. The number of ether oxygens (including phenoxy) is 2. The molecule has 3 rings (SSSR count). The van der Waals surface area contributed by atoms with E-state index in [9.17, 15) is 4.79 Å². The maximum atomic E-state index is 12.0. The van der Waals surface area contributed by atoms with E-state index in [0.29, 0.717) is 19.7 Å². The summed E-state index contributed by atoms with van der Waals surface area (Å²) in [5.41, 5.74) is 2.09. The molecule has 0 saturated carbocycles. The van der Waals surface area contributed by atoms with Crippen LogP contribution in [0.5, 0.6) is 0 Å². The number of oxime groups is 1. The van der Waals surface area contributed by atoms with Gasteiger partial charge in [0.2, 0.25) is 0 Å². The van der Waals surface area contributed by atoms with Gasteiger partial charge in [0.05, 0.1) is 25.9 Å². The van der Waals surface area contributed by atoms with Gasteiger partial charge >= 0.3 is 6.09 Å². The van der Waals surface area contributed by atoms with Crippen LogP contribution in [-0.4, -0.2) is 41.1 Å². The SMILES string of the molecule is CC(C)(C)OC(=O)N1CC2(C1)OCc1cc(/C=N/O)ccc12. The molecule has 2 aliphatic heterocycles. The molecule has 1 aromatic rings. The first-order valence-electron chi connectivity index (χ1n) is 7.26. The zero-order chi connectivity index (χ0) is 16.0. The Morgan fingerprint density at radius 1 is 1.45 bits per heavy atom. The average Bonchev–Trinajstić information content (AvgIpc) is 2.74. The second kappa shape index (κ2) is 4.98. The van der Waals surface area contributed by atoms with Crippen molar-refractivity contribution in [2.45, 2.75) is 38.6 Å². The van der Waals surface area contributed by atoms with Gasteiger partial charge in [0, 0.05) is 0 Å². The van der Waals surface area contributed by atoms with Gasteiger partial charge in [0.1, 0.15) is 11.2 Å². The Kier molecular flexibility index (Phi) is 3.36. The predicted octanol–water partition coefficient (Wildman–Crippen LogP) is 2.47. The first-order valence-corrected chi connectivity index (χ1v) is 7.26. The molecule has 6 heteroatoms. The number of benzene rings is 1. The van der Waals surface area contributed by atoms with E-state index in [1.54, 1.807) is 4.90 Å². The van der Waals surface area contributed by atoms with Crippen LogP contribution >= 0.6 is 0 Å². The number of amides is 1. The summed E-state index contributed by atoms with van der Waals surface area (Å²) >= 11 is 0. The lowest BCUT2D eigenvalue weighted by Crippen LogP contribution is -2.61. The Labute approximate surface area is 129 Å². The average molecular weight is 304 g/mol. The van der Waals surface area contributed by atoms with Gasteiger partial charge in [-0.2, -0.15) is 0 Å². The lowest BCUT2D eigenvalue weighted by Gasteiger charge is -2.47. The molecule has 0 unspecified atom stereocenters. The highest BCUT2D eigenvalue weighted by Gasteiger charge is 2.52. The molecule has 0 radical (unpaired) electrons. The monoisotopic (exact) mass is 304 g/mol. The predicted molar refractivity (Wildman–Crippen MR) is 80.1 cm³/mol. The van der Waals surface area contributed by atoms with E-state index in [-0.39, 0.29) is 6.09 Å². The smallest absolute Gasteiger partial charge is 0.410 e. The molecule has 1 fully saturated rings. The van der Waals surface area contributed by atoms with Crippen LogP contribution in [-0.2, 0) is 21.7 Å². The van der Waals surface area contributed by atoms with Crippen LogP contribution in [0.4, 0.5) is 4.79 Å². The molecule has 22 heavy (non-hydrogen) atoms. The molecule has 6 nitrogen and oxygen atoms in total. The molecular formula is C16H20N2O4. The summed E-state index contributed by atoms with van der Waals surface area (Å²) in [6, 6.07) is 5.80. The van der Waals surface area contributed by atoms with Crippen LogP contribution in [0.25, 0.3) is 0 Å². The van der Waals surface area contributed by atoms with Gasteiger partial charge in [-0.25, -0.2) is 4.79 Å². The van der Waals surface area contributed by atoms with Crippen molar-refractivity contribution in [3.63, 3.8) is 0 Å². The summed E-state index contributed by atoms with van der Waals surface area (Å²) in [4.78, 5) is 13.7. The number of carbonyl (C=O) groups excluding carboxylic acids is 1. The molecule has 0 aromatic heterocycles. The van der Waals surface area contributed by atoms with Crippen molar-refractivity contribution in [1.29, 1.82) is 0 Å². The Balaban J connectivity index is 1.72. The van der Waals surface area contributed by atoms with Crippen molar-refractivity contribution < 1.29 is 19.5 Å². The number of nitrogens with zero attached hydrogens (tertiary/aromatic N) is 2.